The van der Waals surface area contributed by atoms with Crippen LogP contribution in [0.15, 0.2) is 24.4 Å². The van der Waals surface area contributed by atoms with Crippen LogP contribution in [-0.4, -0.2) is 56.4 Å². The number of pyridine rings is 1. The molecule has 2 aromatic rings. The van der Waals surface area contributed by atoms with Crippen molar-refractivity contribution in [1.29, 1.82) is 0 Å². The SMILES string of the molecule is COCC1C(COc2nccc3cc(C(N)=O)c(OC)cc23)NC(=O)[C@@H]1F. The maximum atomic E-state index is 14.0. The van der Waals surface area contributed by atoms with E-state index in [1.54, 1.807) is 18.2 Å². The summed E-state index contributed by atoms with van der Waals surface area (Å²) in [7, 11) is 2.87. The summed E-state index contributed by atoms with van der Waals surface area (Å²) in [5.74, 6) is -1.37. The Morgan fingerprint density at radius 1 is 1.33 bits per heavy atom. The average molecular weight is 377 g/mol. The largest absolute Gasteiger partial charge is 0.496 e. The molecule has 1 aromatic carbocycles. The highest BCUT2D eigenvalue weighted by molar-refractivity contribution is 6.01. The van der Waals surface area contributed by atoms with Gasteiger partial charge in [0.25, 0.3) is 11.8 Å². The number of primary amides is 1. The fraction of sp³-hybridized carbons (Fsp3) is 0.389. The number of halogens is 1. The van der Waals surface area contributed by atoms with E-state index in [0.717, 1.165) is 0 Å². The standard InChI is InChI=1S/C18H20FN3O5/c1-25-7-12-13(22-17(24)15(12)19)8-27-18-10-6-14(26-2)11(16(20)23)5-9(10)3-4-21-18/h3-6,12-13,15H,7-8H2,1-2H3,(H2,20,23)(H,22,24)/t12?,13?,15-/m1/s1. The predicted molar refractivity (Wildman–Crippen MR) is 94.5 cm³/mol. The minimum absolute atomic E-state index is 0.0200. The number of ether oxygens (including phenoxy) is 3. The minimum atomic E-state index is -1.64. The van der Waals surface area contributed by atoms with E-state index in [1.807, 2.05) is 0 Å². The molecule has 1 fully saturated rings. The summed E-state index contributed by atoms with van der Waals surface area (Å²) < 4.78 is 30.0. The van der Waals surface area contributed by atoms with Gasteiger partial charge in [0, 0.05) is 24.6 Å². The third-order valence-corrected chi connectivity index (χ3v) is 4.54. The third-order valence-electron chi connectivity index (χ3n) is 4.54. The number of rotatable bonds is 7. The second-order valence-electron chi connectivity index (χ2n) is 6.20. The summed E-state index contributed by atoms with van der Waals surface area (Å²) in [5, 5.41) is 3.85. The fourth-order valence-corrected chi connectivity index (χ4v) is 3.15. The van der Waals surface area contributed by atoms with Crippen LogP contribution in [-0.2, 0) is 9.53 Å². The highest BCUT2D eigenvalue weighted by atomic mass is 19.1. The number of nitrogens with two attached hydrogens (primary N) is 1. The topological polar surface area (TPSA) is 113 Å². The summed E-state index contributed by atoms with van der Waals surface area (Å²) in [4.78, 5) is 27.4. The quantitative estimate of drug-likeness (QED) is 0.739. The normalized spacial score (nSPS) is 21.9. The van der Waals surface area contributed by atoms with Crippen LogP contribution in [0.25, 0.3) is 10.8 Å². The van der Waals surface area contributed by atoms with Gasteiger partial charge in [-0.3, -0.25) is 9.59 Å². The molecule has 144 valence electrons. The number of methoxy groups -OCH3 is 2. The molecule has 2 heterocycles. The Hall–Kier alpha value is -2.94. The van der Waals surface area contributed by atoms with E-state index in [1.165, 1.54) is 20.4 Å². The lowest BCUT2D eigenvalue weighted by molar-refractivity contribution is -0.124. The molecule has 1 aromatic heterocycles. The molecule has 27 heavy (non-hydrogen) atoms. The Morgan fingerprint density at radius 2 is 2.11 bits per heavy atom. The molecule has 0 bridgehead atoms. The van der Waals surface area contributed by atoms with Gasteiger partial charge in [-0.15, -0.1) is 0 Å². The number of hydrogen-bond acceptors (Lipinski definition) is 6. The molecule has 3 atom stereocenters. The van der Waals surface area contributed by atoms with E-state index in [0.29, 0.717) is 16.5 Å². The molecule has 3 N–H and O–H groups in total. The first-order valence-electron chi connectivity index (χ1n) is 8.29. The predicted octanol–water partition coefficient (Wildman–Crippen LogP) is 0.820. The van der Waals surface area contributed by atoms with Gasteiger partial charge in [0.05, 0.1) is 25.3 Å². The first kappa shape index (κ1) is 18.8. The maximum absolute atomic E-state index is 14.0. The van der Waals surface area contributed by atoms with E-state index in [4.69, 9.17) is 19.9 Å². The Balaban J connectivity index is 1.87. The molecule has 9 heteroatoms. The molecule has 8 nitrogen and oxygen atoms in total. The Labute approximate surface area is 154 Å². The zero-order chi connectivity index (χ0) is 19.6. The summed E-state index contributed by atoms with van der Waals surface area (Å²) in [5.41, 5.74) is 5.62. The van der Waals surface area contributed by atoms with Crippen LogP contribution in [0, 0.1) is 5.92 Å². The van der Waals surface area contributed by atoms with Crippen LogP contribution in [0.4, 0.5) is 4.39 Å². The number of nitrogens with one attached hydrogen (secondary N) is 1. The number of nitrogens with zero attached hydrogens (tertiary/aromatic N) is 1. The van der Waals surface area contributed by atoms with Crippen LogP contribution in [0.3, 0.4) is 0 Å². The molecule has 0 aliphatic carbocycles. The molecule has 1 saturated heterocycles. The first-order valence-corrected chi connectivity index (χ1v) is 8.29. The molecule has 2 amide bonds. The van der Waals surface area contributed by atoms with Crippen molar-refractivity contribution in [2.75, 3.05) is 27.4 Å². The van der Waals surface area contributed by atoms with Gasteiger partial charge in [-0.1, -0.05) is 0 Å². The summed E-state index contributed by atoms with van der Waals surface area (Å²) in [6.45, 7) is 0.110. The van der Waals surface area contributed by atoms with Crippen molar-refractivity contribution in [3.05, 3.63) is 30.0 Å². The number of amides is 2. The summed E-state index contributed by atoms with van der Waals surface area (Å²) >= 11 is 0. The van der Waals surface area contributed by atoms with Crippen LogP contribution in [0.2, 0.25) is 0 Å². The molecule has 0 spiro atoms. The number of carbonyl (C=O) groups is 2. The molecule has 2 unspecified atom stereocenters. The number of hydrogen-bond donors (Lipinski definition) is 2. The zero-order valence-electron chi connectivity index (χ0n) is 14.9. The minimum Gasteiger partial charge on any atom is -0.496 e. The van der Waals surface area contributed by atoms with Gasteiger partial charge in [-0.05, 0) is 23.6 Å². The van der Waals surface area contributed by atoms with Crippen molar-refractivity contribution < 1.29 is 28.2 Å². The third kappa shape index (κ3) is 3.63. The lowest BCUT2D eigenvalue weighted by Crippen LogP contribution is -2.36. The average Bonchev–Trinajstić information content (AvgIpc) is 2.93. The number of aromatic nitrogens is 1. The first-order chi connectivity index (χ1) is 13.0. The molecule has 0 saturated carbocycles. The number of alkyl halides is 1. The van der Waals surface area contributed by atoms with E-state index in [2.05, 4.69) is 10.3 Å². The Kier molecular flexibility index (Phi) is 5.41. The molecule has 0 radical (unpaired) electrons. The number of fused-ring (bicyclic) bond motifs is 1. The molecular formula is C18H20FN3O5. The summed E-state index contributed by atoms with van der Waals surface area (Å²) in [6, 6.07) is 4.36. The van der Waals surface area contributed by atoms with Crippen molar-refractivity contribution >= 4 is 22.6 Å². The number of benzene rings is 1. The van der Waals surface area contributed by atoms with Crippen molar-refractivity contribution in [2.24, 2.45) is 11.7 Å². The van der Waals surface area contributed by atoms with Gasteiger partial charge >= 0.3 is 0 Å². The lowest BCUT2D eigenvalue weighted by Gasteiger charge is -2.19. The summed E-state index contributed by atoms with van der Waals surface area (Å²) in [6.07, 6.45) is -0.121. The van der Waals surface area contributed by atoms with Crippen molar-refractivity contribution in [3.8, 4) is 11.6 Å². The fourth-order valence-electron chi connectivity index (χ4n) is 3.15. The van der Waals surface area contributed by atoms with Crippen molar-refractivity contribution in [3.63, 3.8) is 0 Å². The lowest BCUT2D eigenvalue weighted by atomic mass is 10.0. The second kappa shape index (κ2) is 7.75. The smallest absolute Gasteiger partial charge is 0.255 e. The highest BCUT2D eigenvalue weighted by Gasteiger charge is 2.43. The molecule has 3 rings (SSSR count). The van der Waals surface area contributed by atoms with Crippen molar-refractivity contribution in [2.45, 2.75) is 12.2 Å². The monoisotopic (exact) mass is 377 g/mol. The van der Waals surface area contributed by atoms with Crippen LogP contribution in [0.1, 0.15) is 10.4 Å². The van der Waals surface area contributed by atoms with E-state index < -0.39 is 29.9 Å². The van der Waals surface area contributed by atoms with E-state index in [-0.39, 0.29) is 24.7 Å². The molecular weight excluding hydrogens is 357 g/mol. The molecule has 1 aliphatic heterocycles. The number of carbonyl (C=O) groups excluding carboxylic acids is 2. The maximum Gasteiger partial charge on any atom is 0.255 e. The van der Waals surface area contributed by atoms with Crippen LogP contribution in [0.5, 0.6) is 11.6 Å². The van der Waals surface area contributed by atoms with Gasteiger partial charge in [0.2, 0.25) is 5.88 Å². The van der Waals surface area contributed by atoms with E-state index >= 15 is 0 Å². The Bertz CT molecular complexity index is 875. The zero-order valence-corrected chi connectivity index (χ0v) is 14.9. The highest BCUT2D eigenvalue weighted by Crippen LogP contribution is 2.31. The van der Waals surface area contributed by atoms with Gasteiger partial charge < -0.3 is 25.3 Å². The van der Waals surface area contributed by atoms with E-state index in [9.17, 15) is 14.0 Å². The molecule has 1 aliphatic rings. The van der Waals surface area contributed by atoms with Gasteiger partial charge in [-0.25, -0.2) is 9.37 Å². The van der Waals surface area contributed by atoms with Crippen LogP contribution >= 0.6 is 0 Å². The van der Waals surface area contributed by atoms with Crippen molar-refractivity contribution in [1.82, 2.24) is 10.3 Å². The second-order valence-corrected chi connectivity index (χ2v) is 6.20. The van der Waals surface area contributed by atoms with Gasteiger partial charge in [0.15, 0.2) is 6.17 Å². The Morgan fingerprint density at radius 3 is 2.78 bits per heavy atom. The van der Waals surface area contributed by atoms with Gasteiger partial charge in [0.1, 0.15) is 12.4 Å². The van der Waals surface area contributed by atoms with Gasteiger partial charge in [-0.2, -0.15) is 0 Å². The van der Waals surface area contributed by atoms with Crippen LogP contribution < -0.4 is 20.5 Å².